The summed E-state index contributed by atoms with van der Waals surface area (Å²) in [5, 5.41) is 24.5. The zero-order valence-electron chi connectivity index (χ0n) is 26.6. The van der Waals surface area contributed by atoms with E-state index >= 15 is 0 Å². The first-order valence-corrected chi connectivity index (χ1v) is 14.4. The Morgan fingerprint density at radius 3 is 2.33 bits per heavy atom. The van der Waals surface area contributed by atoms with Crippen LogP contribution in [-0.2, 0) is 9.47 Å². The summed E-state index contributed by atoms with van der Waals surface area (Å²) in [6.45, 7) is 5.06. The number of hydrogen-bond donors (Lipinski definition) is 3. The fraction of sp³-hybridized carbons (Fsp3) is 0.353. The summed E-state index contributed by atoms with van der Waals surface area (Å²) < 4.78 is 39.4. The van der Waals surface area contributed by atoms with Gasteiger partial charge < -0.3 is 48.4 Å². The number of aliphatic hydroxyl groups is 2. The van der Waals surface area contributed by atoms with Gasteiger partial charge in [0.25, 0.3) is 5.91 Å². The summed E-state index contributed by atoms with van der Waals surface area (Å²) in [5.74, 6) is 1.04. The number of hydrogen-bond acceptors (Lipinski definition) is 11. The predicted molar refractivity (Wildman–Crippen MR) is 169 cm³/mol. The molecule has 3 N–H and O–H groups in total. The van der Waals surface area contributed by atoms with Crippen LogP contribution in [0.4, 0.5) is 5.69 Å². The highest BCUT2D eigenvalue weighted by atomic mass is 16.7. The first-order valence-electron chi connectivity index (χ1n) is 14.4. The maximum atomic E-state index is 13.4. The van der Waals surface area contributed by atoms with Gasteiger partial charge in [-0.05, 0) is 68.8 Å². The van der Waals surface area contributed by atoms with Crippen LogP contribution in [0.25, 0.3) is 22.1 Å². The molecule has 12 nitrogen and oxygen atoms in total. The van der Waals surface area contributed by atoms with Crippen LogP contribution >= 0.6 is 0 Å². The van der Waals surface area contributed by atoms with Crippen LogP contribution in [0.3, 0.4) is 0 Å². The molecule has 0 radical (unpaired) electrons. The minimum absolute atomic E-state index is 0.0899. The van der Waals surface area contributed by atoms with Gasteiger partial charge in [-0.25, -0.2) is 4.79 Å². The van der Waals surface area contributed by atoms with Crippen LogP contribution in [0.1, 0.15) is 29.8 Å². The molecule has 1 unspecified atom stereocenters. The summed E-state index contributed by atoms with van der Waals surface area (Å²) in [7, 11) is 5.95. The van der Waals surface area contributed by atoms with E-state index in [0.717, 1.165) is 5.56 Å². The van der Waals surface area contributed by atoms with Crippen molar-refractivity contribution in [3.05, 3.63) is 76.1 Å². The highest BCUT2D eigenvalue weighted by Gasteiger charge is 2.50. The number of amides is 1. The predicted octanol–water partition coefficient (Wildman–Crippen LogP) is 4.30. The van der Waals surface area contributed by atoms with Crippen LogP contribution in [0.15, 0.2) is 63.8 Å². The number of methoxy groups -OCH3 is 4. The molecule has 0 aliphatic carbocycles. The molecule has 0 saturated carbocycles. The standard InChI is InChI=1S/C34H37NO11/c1-17-28-20(16-25(42-6)29(17)45-33-27(37)26(36)30(43-7)34(2,3)46-33)15-23(32(39)44-28)35-31(38)19-11-12-24(41-5)22(14-19)18-9-8-10-21(13-18)40-4/h8-16,26-27,30,33,36-37H,1-7H3,(H,35,38)/t26-,27+,30+,33?/m0/s1. The third kappa shape index (κ3) is 6.12. The second kappa shape index (κ2) is 13.0. The van der Waals surface area contributed by atoms with Crippen LogP contribution in [0.5, 0.6) is 23.0 Å². The lowest BCUT2D eigenvalue weighted by atomic mass is 9.89. The Morgan fingerprint density at radius 1 is 0.913 bits per heavy atom. The summed E-state index contributed by atoms with van der Waals surface area (Å²) in [4.78, 5) is 26.5. The first-order chi connectivity index (χ1) is 21.9. The molecule has 0 spiro atoms. The number of aliphatic hydroxyl groups excluding tert-OH is 2. The summed E-state index contributed by atoms with van der Waals surface area (Å²) >= 11 is 0. The molecule has 244 valence electrons. The van der Waals surface area contributed by atoms with E-state index in [-0.39, 0.29) is 28.3 Å². The summed E-state index contributed by atoms with van der Waals surface area (Å²) in [6, 6.07) is 15.3. The molecular formula is C34H37NO11. The number of anilines is 1. The molecule has 1 fully saturated rings. The Bertz CT molecular complexity index is 1820. The van der Waals surface area contributed by atoms with Crippen LogP contribution < -0.4 is 29.9 Å². The molecule has 2 heterocycles. The zero-order chi connectivity index (χ0) is 33.3. The molecule has 1 amide bonds. The lowest BCUT2D eigenvalue weighted by Gasteiger charge is -2.46. The summed E-state index contributed by atoms with van der Waals surface area (Å²) in [5.41, 5.74) is 0.370. The zero-order valence-corrected chi connectivity index (χ0v) is 26.6. The highest BCUT2D eigenvalue weighted by molar-refractivity contribution is 6.06. The van der Waals surface area contributed by atoms with E-state index in [2.05, 4.69) is 5.32 Å². The third-order valence-electron chi connectivity index (χ3n) is 8.01. The largest absolute Gasteiger partial charge is 0.497 e. The number of nitrogens with one attached hydrogen (secondary N) is 1. The van der Waals surface area contributed by atoms with E-state index in [1.807, 2.05) is 24.3 Å². The van der Waals surface area contributed by atoms with Crippen molar-refractivity contribution < 1.29 is 47.8 Å². The van der Waals surface area contributed by atoms with Gasteiger partial charge in [-0.15, -0.1) is 0 Å². The minimum Gasteiger partial charge on any atom is -0.497 e. The Kier molecular flexibility index (Phi) is 9.27. The first kappa shape index (κ1) is 32.8. The van der Waals surface area contributed by atoms with Gasteiger partial charge in [-0.2, -0.15) is 0 Å². The molecule has 4 aromatic rings. The lowest BCUT2D eigenvalue weighted by molar-refractivity contribution is -0.306. The van der Waals surface area contributed by atoms with Gasteiger partial charge in [-0.3, -0.25) is 4.79 Å². The molecule has 0 bridgehead atoms. The Morgan fingerprint density at radius 2 is 1.65 bits per heavy atom. The molecule has 12 heteroatoms. The molecule has 1 aliphatic heterocycles. The van der Waals surface area contributed by atoms with Crippen molar-refractivity contribution in [2.24, 2.45) is 0 Å². The van der Waals surface area contributed by atoms with Gasteiger partial charge >= 0.3 is 5.63 Å². The average molecular weight is 636 g/mol. The Balaban J connectivity index is 1.46. The van der Waals surface area contributed by atoms with Gasteiger partial charge in [0.15, 0.2) is 11.5 Å². The molecular weight excluding hydrogens is 598 g/mol. The fourth-order valence-corrected chi connectivity index (χ4v) is 5.65. The van der Waals surface area contributed by atoms with Crippen LogP contribution in [-0.4, -0.2) is 74.8 Å². The topological polar surface area (TPSA) is 155 Å². The number of aryl methyl sites for hydroxylation is 1. The lowest BCUT2D eigenvalue weighted by Crippen LogP contribution is -2.63. The molecule has 46 heavy (non-hydrogen) atoms. The van der Waals surface area contributed by atoms with Gasteiger partial charge in [0.1, 0.15) is 41.1 Å². The highest BCUT2D eigenvalue weighted by Crippen LogP contribution is 2.41. The number of ether oxygens (including phenoxy) is 6. The molecule has 4 atom stereocenters. The maximum Gasteiger partial charge on any atom is 0.360 e. The Hall–Kier alpha value is -4.62. The maximum absolute atomic E-state index is 13.4. The van der Waals surface area contributed by atoms with Crippen molar-refractivity contribution in [3.8, 4) is 34.1 Å². The third-order valence-corrected chi connectivity index (χ3v) is 8.01. The van der Waals surface area contributed by atoms with E-state index in [1.165, 1.54) is 27.4 Å². The van der Waals surface area contributed by atoms with E-state index in [1.54, 1.807) is 52.1 Å². The van der Waals surface area contributed by atoms with Gasteiger partial charge in [0.2, 0.25) is 6.29 Å². The van der Waals surface area contributed by atoms with Crippen molar-refractivity contribution in [1.29, 1.82) is 0 Å². The number of fused-ring (bicyclic) bond motifs is 1. The smallest absolute Gasteiger partial charge is 0.360 e. The molecule has 1 saturated heterocycles. The van der Waals surface area contributed by atoms with Crippen LogP contribution in [0, 0.1) is 6.92 Å². The number of rotatable bonds is 9. The average Bonchev–Trinajstić information content (AvgIpc) is 3.05. The number of benzene rings is 3. The van der Waals surface area contributed by atoms with Crippen molar-refractivity contribution >= 4 is 22.6 Å². The van der Waals surface area contributed by atoms with Crippen LogP contribution in [0.2, 0.25) is 0 Å². The van der Waals surface area contributed by atoms with Crippen molar-refractivity contribution in [3.63, 3.8) is 0 Å². The van der Waals surface area contributed by atoms with E-state index in [0.29, 0.717) is 28.0 Å². The van der Waals surface area contributed by atoms with E-state index in [4.69, 9.17) is 32.8 Å². The van der Waals surface area contributed by atoms with Crippen molar-refractivity contribution in [2.45, 2.75) is 51.0 Å². The fourth-order valence-electron chi connectivity index (χ4n) is 5.65. The van der Waals surface area contributed by atoms with E-state index in [9.17, 15) is 19.8 Å². The number of carbonyl (C=O) groups is 1. The van der Waals surface area contributed by atoms with Gasteiger partial charge in [0, 0.05) is 29.2 Å². The monoisotopic (exact) mass is 635 g/mol. The quantitative estimate of drug-likeness (QED) is 0.226. The molecule has 5 rings (SSSR count). The Labute approximate surface area is 265 Å². The summed E-state index contributed by atoms with van der Waals surface area (Å²) in [6.07, 6.45) is -4.85. The second-order valence-electron chi connectivity index (χ2n) is 11.3. The normalized spacial score (nSPS) is 20.6. The number of carbonyl (C=O) groups excluding carboxylic acids is 1. The molecule has 1 aromatic heterocycles. The molecule has 1 aliphatic rings. The van der Waals surface area contributed by atoms with Crippen molar-refractivity contribution in [1.82, 2.24) is 0 Å². The van der Waals surface area contributed by atoms with Gasteiger partial charge in [0.05, 0.1) is 26.9 Å². The molecule has 3 aromatic carbocycles. The second-order valence-corrected chi connectivity index (χ2v) is 11.3. The van der Waals surface area contributed by atoms with Gasteiger partial charge in [-0.1, -0.05) is 12.1 Å². The van der Waals surface area contributed by atoms with Crippen molar-refractivity contribution in [2.75, 3.05) is 33.8 Å². The van der Waals surface area contributed by atoms with E-state index < -0.39 is 41.7 Å². The SMILES string of the molecule is COc1cccc(-c2cc(C(=O)Nc3cc4cc(OC)c(OC5OC(C)(C)[C@H](OC)[C@@H](O)[C@H]5O)c(C)c4oc3=O)ccc2OC)c1. The minimum atomic E-state index is -1.45.